The fraction of sp³-hybridized carbons (Fsp3) is 0.706. The Kier molecular flexibility index (Phi) is 36.6. The first-order valence-corrected chi connectivity index (χ1v) is 34.6. The number of hydrogen-bond donors (Lipinski definition) is 12. The average Bonchev–Trinajstić information content (AvgIpc) is 2.16. The Morgan fingerprint density at radius 2 is 1.24 bits per heavy atom. The van der Waals surface area contributed by atoms with Crippen LogP contribution in [0.4, 0.5) is 0 Å². The number of aliphatic hydroxyl groups is 2. The summed E-state index contributed by atoms with van der Waals surface area (Å²) in [6.07, 6.45) is -0.928. The van der Waals surface area contributed by atoms with E-state index in [-0.39, 0.29) is 50.1 Å². The summed E-state index contributed by atoms with van der Waals surface area (Å²) in [5, 5.41) is 46.8. The van der Waals surface area contributed by atoms with Crippen LogP contribution in [0.1, 0.15) is 172 Å². The lowest BCUT2D eigenvalue weighted by atomic mass is 9.83. The number of nitrogens with two attached hydrogens (primary N) is 1. The van der Waals surface area contributed by atoms with Crippen LogP contribution in [0.25, 0.3) is 0 Å². The number of carbonyl (C=O) groups excluding carboxylic acids is 13. The van der Waals surface area contributed by atoms with Crippen molar-refractivity contribution < 1.29 is 77.3 Å². The molecular formula is C68H109N11O16S. The number of thiocarbonyl (C=S) groups is 1. The molecular weight excluding hydrogens is 1260 g/mol. The van der Waals surface area contributed by atoms with E-state index in [1.807, 2.05) is 49.1 Å². The van der Waals surface area contributed by atoms with Crippen LogP contribution in [0.5, 0.6) is 0 Å². The van der Waals surface area contributed by atoms with Gasteiger partial charge < -0.3 is 68.5 Å². The summed E-state index contributed by atoms with van der Waals surface area (Å²) >= 11 is 5.06. The molecule has 1 aromatic carbocycles. The van der Waals surface area contributed by atoms with Gasteiger partial charge in [-0.3, -0.25) is 62.4 Å². The van der Waals surface area contributed by atoms with Gasteiger partial charge in [0.15, 0.2) is 28.2 Å². The maximum Gasteiger partial charge on any atom is 0.329 e. The fourth-order valence-electron chi connectivity index (χ4n) is 11.3. The van der Waals surface area contributed by atoms with Crippen molar-refractivity contribution in [2.45, 2.75) is 215 Å². The van der Waals surface area contributed by atoms with Gasteiger partial charge in [-0.25, -0.2) is 4.79 Å². The average molecular weight is 1370 g/mol. The number of ketones is 4. The zero-order valence-corrected chi connectivity index (χ0v) is 58.8. The second-order valence-corrected chi connectivity index (χ2v) is 26.6. The topological polar surface area (TPSA) is 409 Å². The van der Waals surface area contributed by atoms with Crippen LogP contribution in [0, 0.1) is 53.3 Å². The molecule has 2 aliphatic rings. The second-order valence-electron chi connectivity index (χ2n) is 26.2. The van der Waals surface area contributed by atoms with E-state index in [2.05, 4.69) is 47.9 Å². The van der Waals surface area contributed by atoms with Gasteiger partial charge in [-0.1, -0.05) is 125 Å². The highest BCUT2D eigenvalue weighted by Gasteiger charge is 2.41. The van der Waals surface area contributed by atoms with Gasteiger partial charge in [-0.15, -0.1) is 0 Å². The molecule has 96 heavy (non-hydrogen) atoms. The number of cyclic esters (lactones) is 1. The van der Waals surface area contributed by atoms with Gasteiger partial charge in [0.25, 0.3) is 0 Å². The molecule has 1 aromatic rings. The van der Waals surface area contributed by atoms with Gasteiger partial charge in [0.05, 0.1) is 63.1 Å². The van der Waals surface area contributed by atoms with Crippen molar-refractivity contribution in [3.63, 3.8) is 0 Å². The van der Waals surface area contributed by atoms with E-state index >= 15 is 0 Å². The smallest absolute Gasteiger partial charge is 0.329 e. The Morgan fingerprint density at radius 3 is 1.78 bits per heavy atom. The highest BCUT2D eigenvalue weighted by atomic mass is 32.1. The normalized spacial score (nSPS) is 21.5. The van der Waals surface area contributed by atoms with Crippen LogP contribution in [0.3, 0.4) is 0 Å². The molecule has 2 fully saturated rings. The van der Waals surface area contributed by atoms with E-state index in [1.165, 1.54) is 13.8 Å². The summed E-state index contributed by atoms with van der Waals surface area (Å²) in [6, 6.07) is 1.63. The minimum atomic E-state index is -1.63. The number of hydrogen-bond acceptors (Lipinski definition) is 18. The summed E-state index contributed by atoms with van der Waals surface area (Å²) < 4.78 is 5.83. The third-order valence-corrected chi connectivity index (χ3v) is 19.0. The van der Waals surface area contributed by atoms with Crippen LogP contribution >= 0.6 is 12.2 Å². The molecule has 2 heterocycles. The second kappa shape index (κ2) is 42.4. The summed E-state index contributed by atoms with van der Waals surface area (Å²) in [5.41, 5.74) is 6.45. The van der Waals surface area contributed by atoms with Crippen molar-refractivity contribution in [3.05, 3.63) is 35.9 Å². The predicted molar refractivity (Wildman–Crippen MR) is 362 cm³/mol. The molecule has 13 N–H and O–H groups in total. The predicted octanol–water partition coefficient (Wildman–Crippen LogP) is 1.85. The summed E-state index contributed by atoms with van der Waals surface area (Å²) in [6.45, 7) is 18.1. The van der Waals surface area contributed by atoms with Crippen LogP contribution < -0.4 is 53.6 Å². The third-order valence-electron chi connectivity index (χ3n) is 18.8. The highest BCUT2D eigenvalue weighted by Crippen LogP contribution is 2.26. The van der Waals surface area contributed by atoms with Crippen molar-refractivity contribution in [1.82, 2.24) is 52.8 Å². The molecule has 0 aromatic heterocycles. The number of ether oxygens (including phenoxy) is 1. The van der Waals surface area contributed by atoms with Crippen LogP contribution in [0.2, 0.25) is 0 Å². The van der Waals surface area contributed by atoms with E-state index in [4.69, 9.17) is 22.7 Å². The van der Waals surface area contributed by atoms with Crippen molar-refractivity contribution in [2.75, 3.05) is 39.6 Å². The number of aliphatic hydroxyl groups excluding tert-OH is 2. The molecule has 3 rings (SSSR count). The number of primary amides is 1. The van der Waals surface area contributed by atoms with Crippen molar-refractivity contribution in [3.8, 4) is 0 Å². The Labute approximate surface area is 570 Å². The molecule has 2 aliphatic heterocycles. The van der Waals surface area contributed by atoms with Gasteiger partial charge in [-0.2, -0.15) is 0 Å². The van der Waals surface area contributed by atoms with Gasteiger partial charge in [0.2, 0.25) is 47.3 Å². The molecule has 0 aliphatic carbocycles. The first-order valence-electron chi connectivity index (χ1n) is 34.2. The maximum atomic E-state index is 14.6. The van der Waals surface area contributed by atoms with E-state index in [0.717, 1.165) is 5.56 Å². The number of amides is 8. The van der Waals surface area contributed by atoms with Crippen molar-refractivity contribution in [1.29, 1.82) is 0 Å². The van der Waals surface area contributed by atoms with E-state index in [1.54, 1.807) is 48.5 Å². The minimum absolute atomic E-state index is 0.103. The minimum Gasteiger partial charge on any atom is -0.458 e. The lowest BCUT2D eigenvalue weighted by Crippen LogP contribution is -2.55. The number of esters is 1. The number of carbonyl (C=O) groups is 13. The number of rotatable bonds is 40. The Balaban J connectivity index is 1.81. The molecule has 16 atom stereocenters. The zero-order valence-electron chi connectivity index (χ0n) is 58.0. The molecule has 0 spiro atoms. The molecule has 27 nitrogen and oxygen atoms in total. The summed E-state index contributed by atoms with van der Waals surface area (Å²) in [5.74, 6) is -16.6. The highest BCUT2D eigenvalue weighted by molar-refractivity contribution is 7.80. The molecule has 538 valence electrons. The number of unbranched alkanes of at least 4 members (excludes halogenated alkanes) is 1. The summed E-state index contributed by atoms with van der Waals surface area (Å²) in [4.78, 5) is 182. The van der Waals surface area contributed by atoms with Crippen molar-refractivity contribution >= 4 is 93.7 Å². The zero-order chi connectivity index (χ0) is 71.9. The largest absolute Gasteiger partial charge is 0.458 e. The Hall–Kier alpha value is -7.30. The SMILES string of the molecule is CC[C@H](Cc1ccccc1)C(=O)N[C@H](C(=O)C[C@@H](CO)C(=O)N[C@H](CCC(N)=O)C(=O)C[C@@H](C(=O)N[C@H](C(=O)C[C@@H](CO)C(=O)N[C@H]1C(=O)C[C@@H](C)C(=O)N[C@@H](CCCCNC(=O)CN2CNC(=S)NC2)C(=O)N[C@@H]([C@@H](C)CC)C(=O)O[C@H]1C)[C@@H](C)CC)[C@H](C)CC)[C@@H](C)CC. The number of nitrogens with zero attached hydrogens (tertiary/aromatic N) is 1. The standard InChI is InChI=1S/C68H109N11O16S/c1-12-38(6)48(32-51(82)49(25-26-55(69)86)73-63(90)46(34-80)30-53(84)57(39(7)13-2)75-62(89)45(16-5)29-44-22-18-17-19-23-44)65(92)76-58(40(8)14-3)54(85)31-47(35-81)64(91)78-60-43(11)95-67(94)59(41(9)15-4)77-66(93)50(74-61(88)42(10)28-52(60)83)24-20-21-27-70-56(87)33-79-36-71-68(96)72-37-79/h17-19,22-23,38-43,45-50,57-60,80-81H,12-16,20-21,24-37H2,1-11H3,(H2,69,86)(H,70,87)(H,73,90)(H,74,88)(H,75,89)(H,76,92)(H,77,93)(H,78,91)(H2,71,72,96)/t38-,39+,40+,41+,42-,43+,45-,46+,47+,48-,49-,50+,57+,58+,59+,60-/m1/s1. The Bertz CT molecular complexity index is 2800. The van der Waals surface area contributed by atoms with Crippen LogP contribution in [-0.2, 0) is 73.5 Å². The lowest BCUT2D eigenvalue weighted by molar-refractivity contribution is -0.157. The van der Waals surface area contributed by atoms with Crippen molar-refractivity contribution in [2.24, 2.45) is 59.0 Å². The molecule has 28 heteroatoms. The van der Waals surface area contributed by atoms with E-state index in [9.17, 15) is 72.5 Å². The number of Topliss-reactive ketones (excluding diaryl/α,β-unsaturated/α-hetero) is 4. The lowest BCUT2D eigenvalue weighted by Gasteiger charge is -2.30. The monoisotopic (exact) mass is 1370 g/mol. The fourth-order valence-corrected chi connectivity index (χ4v) is 11.5. The molecule has 0 radical (unpaired) electrons. The van der Waals surface area contributed by atoms with E-state index < -0.39 is 193 Å². The van der Waals surface area contributed by atoms with Gasteiger partial charge in [-0.05, 0) is 86.9 Å². The molecule has 0 saturated carbocycles. The Morgan fingerprint density at radius 1 is 0.677 bits per heavy atom. The molecule has 0 unspecified atom stereocenters. The number of nitrogens with one attached hydrogen (secondary N) is 9. The van der Waals surface area contributed by atoms with Crippen LogP contribution in [-0.4, -0.2) is 179 Å². The quantitative estimate of drug-likeness (QED) is 0.0253. The van der Waals surface area contributed by atoms with Gasteiger partial charge in [0, 0.05) is 56.4 Å². The molecule has 0 bridgehead atoms. The van der Waals surface area contributed by atoms with Crippen LogP contribution in [0.15, 0.2) is 30.3 Å². The maximum absolute atomic E-state index is 14.6. The first-order chi connectivity index (χ1) is 45.5. The molecule has 8 amide bonds. The van der Waals surface area contributed by atoms with E-state index in [0.29, 0.717) is 69.8 Å². The van der Waals surface area contributed by atoms with Gasteiger partial charge >= 0.3 is 5.97 Å². The van der Waals surface area contributed by atoms with Gasteiger partial charge in [0.1, 0.15) is 24.2 Å². The summed E-state index contributed by atoms with van der Waals surface area (Å²) in [7, 11) is 0. The number of benzene rings is 1. The third kappa shape index (κ3) is 27.0. The first kappa shape index (κ1) is 82.9. The molecule has 2 saturated heterocycles.